The lowest BCUT2D eigenvalue weighted by molar-refractivity contribution is 0.0954. The van der Waals surface area contributed by atoms with Crippen LogP contribution in [0.3, 0.4) is 0 Å². The van der Waals surface area contributed by atoms with Gasteiger partial charge in [0.25, 0.3) is 5.91 Å². The molecule has 0 unspecified atom stereocenters. The molecule has 3 aromatic carbocycles. The van der Waals surface area contributed by atoms with Crippen LogP contribution in [-0.4, -0.2) is 25.8 Å². The van der Waals surface area contributed by atoms with Crippen molar-refractivity contribution in [3.8, 4) is 17.2 Å². The average Bonchev–Trinajstić information content (AvgIpc) is 2.82. The zero-order valence-electron chi connectivity index (χ0n) is 18.6. The summed E-state index contributed by atoms with van der Waals surface area (Å²) in [5.74, 6) is 0.507. The zero-order chi connectivity index (χ0) is 24.5. The van der Waals surface area contributed by atoms with Crippen LogP contribution in [0.5, 0.6) is 17.2 Å². The summed E-state index contributed by atoms with van der Waals surface area (Å²) in [7, 11) is 1.51. The van der Waals surface area contributed by atoms with Gasteiger partial charge in [-0.3, -0.25) is 4.79 Å². The maximum atomic E-state index is 13.3. The van der Waals surface area contributed by atoms with Gasteiger partial charge in [0.1, 0.15) is 12.4 Å². The first-order chi connectivity index (χ1) is 16.4. The maximum absolute atomic E-state index is 13.3. The minimum Gasteiger partial charge on any atom is -0.493 e. The second-order valence-corrected chi connectivity index (χ2v) is 7.96. The van der Waals surface area contributed by atoms with E-state index in [1.54, 1.807) is 42.5 Å². The zero-order valence-corrected chi connectivity index (χ0v) is 20.1. The Hall–Kier alpha value is -3.29. The molecule has 0 radical (unpaired) electrons. The molecule has 34 heavy (non-hydrogen) atoms. The fraction of sp³-hybridized carbons (Fsp3) is 0.200. The van der Waals surface area contributed by atoms with Crippen molar-refractivity contribution in [1.82, 2.24) is 5.43 Å². The predicted molar refractivity (Wildman–Crippen MR) is 131 cm³/mol. The maximum Gasteiger partial charge on any atom is 0.271 e. The number of hydrazone groups is 1. The van der Waals surface area contributed by atoms with E-state index in [4.69, 9.17) is 37.4 Å². The molecule has 3 aromatic rings. The normalized spacial score (nSPS) is 10.9. The van der Waals surface area contributed by atoms with Crippen molar-refractivity contribution in [1.29, 1.82) is 0 Å². The molecule has 0 aliphatic carbocycles. The van der Waals surface area contributed by atoms with E-state index in [0.717, 1.165) is 6.42 Å². The molecule has 1 amide bonds. The second-order valence-electron chi connectivity index (χ2n) is 7.15. The Bertz CT molecular complexity index is 1160. The monoisotopic (exact) mass is 504 g/mol. The smallest absolute Gasteiger partial charge is 0.271 e. The van der Waals surface area contributed by atoms with Crippen LogP contribution >= 0.6 is 23.2 Å². The Morgan fingerprint density at radius 1 is 1.06 bits per heavy atom. The molecule has 178 valence electrons. The molecule has 0 saturated heterocycles. The first-order valence-electron chi connectivity index (χ1n) is 10.4. The summed E-state index contributed by atoms with van der Waals surface area (Å²) < 4.78 is 29.9. The second kappa shape index (κ2) is 12.3. The molecule has 0 atom stereocenters. The minimum atomic E-state index is -0.427. The molecule has 1 N–H and O–H groups in total. The molecule has 0 aliphatic heterocycles. The Labute approximate surface area is 207 Å². The SMILES string of the molecule is CCCOc1ccc(C(=O)N/N=C/c2cc(Cl)c(OCc3cccc(F)c3)c(Cl)c2)cc1OC. The standard InChI is InChI=1S/C25H23Cl2FN2O4/c1-3-9-33-22-8-7-18(13-23(22)32-2)25(31)30-29-14-17-11-20(26)24(21(27)12-17)34-15-16-5-4-6-19(28)10-16/h4-8,10-14H,3,9,15H2,1-2H3,(H,30,31)/b29-14+. The van der Waals surface area contributed by atoms with Crippen LogP contribution in [0.15, 0.2) is 59.7 Å². The van der Waals surface area contributed by atoms with Gasteiger partial charge in [0.2, 0.25) is 0 Å². The van der Waals surface area contributed by atoms with Crippen molar-refractivity contribution in [3.05, 3.63) is 87.2 Å². The molecule has 3 rings (SSSR count). The van der Waals surface area contributed by atoms with Crippen LogP contribution in [0, 0.1) is 5.82 Å². The van der Waals surface area contributed by atoms with E-state index in [-0.39, 0.29) is 28.2 Å². The number of rotatable bonds is 10. The summed E-state index contributed by atoms with van der Waals surface area (Å²) >= 11 is 12.6. The van der Waals surface area contributed by atoms with Gasteiger partial charge >= 0.3 is 0 Å². The average molecular weight is 505 g/mol. The summed E-state index contributed by atoms with van der Waals surface area (Å²) in [5, 5.41) is 4.47. The van der Waals surface area contributed by atoms with E-state index in [1.807, 2.05) is 6.92 Å². The summed E-state index contributed by atoms with van der Waals surface area (Å²) in [6.45, 7) is 2.65. The minimum absolute atomic E-state index is 0.104. The van der Waals surface area contributed by atoms with E-state index < -0.39 is 5.91 Å². The lowest BCUT2D eigenvalue weighted by Crippen LogP contribution is -2.17. The number of amides is 1. The third kappa shape index (κ3) is 6.85. The Morgan fingerprint density at radius 3 is 2.50 bits per heavy atom. The molecule has 0 saturated carbocycles. The number of ether oxygens (including phenoxy) is 3. The summed E-state index contributed by atoms with van der Waals surface area (Å²) in [4.78, 5) is 12.4. The van der Waals surface area contributed by atoms with Crippen molar-refractivity contribution in [2.75, 3.05) is 13.7 Å². The highest BCUT2D eigenvalue weighted by atomic mass is 35.5. The highest BCUT2D eigenvalue weighted by Gasteiger charge is 2.12. The molecule has 0 aliphatic rings. The van der Waals surface area contributed by atoms with Crippen molar-refractivity contribution in [2.24, 2.45) is 5.10 Å². The van der Waals surface area contributed by atoms with Gasteiger partial charge in [0, 0.05) is 5.56 Å². The number of hydrogen-bond acceptors (Lipinski definition) is 5. The van der Waals surface area contributed by atoms with Gasteiger partial charge in [-0.05, 0) is 60.0 Å². The van der Waals surface area contributed by atoms with E-state index in [0.29, 0.717) is 34.8 Å². The predicted octanol–water partition coefficient (Wildman–Crippen LogP) is 6.27. The van der Waals surface area contributed by atoms with Crippen molar-refractivity contribution < 1.29 is 23.4 Å². The number of methoxy groups -OCH3 is 1. The molecule has 0 fully saturated rings. The third-order valence-electron chi connectivity index (χ3n) is 4.56. The van der Waals surface area contributed by atoms with Crippen molar-refractivity contribution >= 4 is 35.3 Å². The topological polar surface area (TPSA) is 69.2 Å². The van der Waals surface area contributed by atoms with Gasteiger partial charge in [0.15, 0.2) is 17.2 Å². The highest BCUT2D eigenvalue weighted by Crippen LogP contribution is 2.34. The first-order valence-corrected chi connectivity index (χ1v) is 11.2. The fourth-order valence-corrected chi connectivity index (χ4v) is 3.56. The molecular formula is C25H23Cl2FN2O4. The number of nitrogens with zero attached hydrogens (tertiary/aromatic N) is 1. The Balaban J connectivity index is 1.63. The largest absolute Gasteiger partial charge is 0.493 e. The van der Waals surface area contributed by atoms with Crippen LogP contribution in [0.4, 0.5) is 4.39 Å². The third-order valence-corrected chi connectivity index (χ3v) is 5.12. The van der Waals surface area contributed by atoms with Crippen molar-refractivity contribution in [2.45, 2.75) is 20.0 Å². The van der Waals surface area contributed by atoms with Gasteiger partial charge in [0.05, 0.1) is 30.0 Å². The number of benzene rings is 3. The summed E-state index contributed by atoms with van der Waals surface area (Å²) in [6.07, 6.45) is 2.26. The summed E-state index contributed by atoms with van der Waals surface area (Å²) in [6, 6.07) is 14.1. The van der Waals surface area contributed by atoms with Crippen LogP contribution in [0.2, 0.25) is 10.0 Å². The summed E-state index contributed by atoms with van der Waals surface area (Å²) in [5.41, 5.74) is 4.00. The van der Waals surface area contributed by atoms with Crippen LogP contribution in [-0.2, 0) is 6.61 Å². The van der Waals surface area contributed by atoms with Gasteiger partial charge in [-0.2, -0.15) is 5.10 Å². The number of carbonyl (C=O) groups excluding carboxylic acids is 1. The van der Waals surface area contributed by atoms with Gasteiger partial charge in [-0.15, -0.1) is 0 Å². The lowest BCUT2D eigenvalue weighted by atomic mass is 10.2. The van der Waals surface area contributed by atoms with Crippen LogP contribution in [0.25, 0.3) is 0 Å². The van der Waals surface area contributed by atoms with E-state index >= 15 is 0 Å². The van der Waals surface area contributed by atoms with Gasteiger partial charge < -0.3 is 14.2 Å². The molecule has 0 aromatic heterocycles. The lowest BCUT2D eigenvalue weighted by Gasteiger charge is -2.11. The van der Waals surface area contributed by atoms with Crippen molar-refractivity contribution in [3.63, 3.8) is 0 Å². The molecule has 0 spiro atoms. The molecular weight excluding hydrogens is 482 g/mol. The molecule has 0 heterocycles. The molecule has 9 heteroatoms. The molecule has 0 bridgehead atoms. The number of nitrogens with one attached hydrogen (secondary N) is 1. The molecule has 6 nitrogen and oxygen atoms in total. The van der Waals surface area contributed by atoms with Crippen LogP contribution < -0.4 is 19.6 Å². The van der Waals surface area contributed by atoms with E-state index in [1.165, 1.54) is 25.5 Å². The fourth-order valence-electron chi connectivity index (χ4n) is 2.94. The van der Waals surface area contributed by atoms with E-state index in [9.17, 15) is 9.18 Å². The van der Waals surface area contributed by atoms with Crippen LogP contribution in [0.1, 0.15) is 34.8 Å². The van der Waals surface area contributed by atoms with E-state index in [2.05, 4.69) is 10.5 Å². The van der Waals surface area contributed by atoms with Gasteiger partial charge in [-0.1, -0.05) is 42.3 Å². The number of halogens is 3. The van der Waals surface area contributed by atoms with Gasteiger partial charge in [-0.25, -0.2) is 9.82 Å². The first kappa shape index (κ1) is 25.3. The Morgan fingerprint density at radius 2 is 1.82 bits per heavy atom. The number of hydrogen-bond donors (Lipinski definition) is 1. The number of carbonyl (C=O) groups is 1. The quantitative estimate of drug-likeness (QED) is 0.260. The highest BCUT2D eigenvalue weighted by molar-refractivity contribution is 6.37. The Kier molecular flexibility index (Phi) is 9.13.